The highest BCUT2D eigenvalue weighted by atomic mass is 16.5. The first-order chi connectivity index (χ1) is 16.4. The van der Waals surface area contributed by atoms with Crippen LogP contribution in [0.4, 0.5) is 0 Å². The summed E-state index contributed by atoms with van der Waals surface area (Å²) >= 11 is 0. The molecule has 0 radical (unpaired) electrons. The molecule has 1 spiro atoms. The maximum atomic E-state index is 9.85. The van der Waals surface area contributed by atoms with E-state index in [-0.39, 0.29) is 11.7 Å². The van der Waals surface area contributed by atoms with E-state index in [1.54, 1.807) is 7.05 Å². The van der Waals surface area contributed by atoms with E-state index in [1.165, 1.54) is 29.5 Å². The van der Waals surface area contributed by atoms with Crippen LogP contribution in [0.5, 0.6) is 0 Å². The molecule has 5 heteroatoms. The molecule has 2 bridgehead atoms. The highest BCUT2D eigenvalue weighted by Gasteiger charge is 2.51. The summed E-state index contributed by atoms with van der Waals surface area (Å²) in [7, 11) is 4.04. The molecule has 4 aliphatic rings. The molecule has 5 rings (SSSR count). The van der Waals surface area contributed by atoms with Gasteiger partial charge in [0.05, 0.1) is 24.0 Å². The van der Waals surface area contributed by atoms with Crippen molar-refractivity contribution in [2.75, 3.05) is 14.1 Å². The standard InChI is InChI=1S/C14H18N2O.C11H19NO.C4H6/c1-16-11-2-3-12(16)7-14(6-11)13-4-5-15-8-10(13)9-17-14;1-4-9-6-5-8(2)7-10(13)11(9)12-3;1-3-4-2/h4-5,8,11-12H,2-3,6-7,9H2,1H3;4,8,10,13H,5-7H2,1-3H3;1-2H3/b;9-4-,12-11?;/t;8-,10?;/m.1./s1. The van der Waals surface area contributed by atoms with E-state index < -0.39 is 0 Å². The Bertz CT molecular complexity index is 922. The van der Waals surface area contributed by atoms with Crippen LogP contribution in [0.3, 0.4) is 0 Å². The average Bonchev–Trinajstić information content (AvgIpc) is 3.22. The van der Waals surface area contributed by atoms with E-state index in [2.05, 4.69) is 52.8 Å². The van der Waals surface area contributed by atoms with Gasteiger partial charge in [-0.15, -0.1) is 11.8 Å². The largest absolute Gasteiger partial charge is 0.387 e. The number of aliphatic hydroxyl groups excluding tert-OH is 1. The van der Waals surface area contributed by atoms with Crippen LogP contribution in [0, 0.1) is 17.8 Å². The first kappa shape index (κ1) is 26.6. The Morgan fingerprint density at radius 1 is 1.21 bits per heavy atom. The third-order valence-corrected chi connectivity index (χ3v) is 8.03. The lowest BCUT2D eigenvalue weighted by atomic mass is 9.81. The Balaban J connectivity index is 0.000000171. The van der Waals surface area contributed by atoms with Gasteiger partial charge in [-0.05, 0) is 95.9 Å². The molecule has 186 valence electrons. The van der Waals surface area contributed by atoms with E-state index >= 15 is 0 Å². The zero-order valence-electron chi connectivity index (χ0n) is 22.0. The van der Waals surface area contributed by atoms with Crippen LogP contribution < -0.4 is 0 Å². The van der Waals surface area contributed by atoms with Crippen molar-refractivity contribution in [1.29, 1.82) is 0 Å². The number of hydrogen-bond acceptors (Lipinski definition) is 5. The number of nitrogens with zero attached hydrogens (tertiary/aromatic N) is 3. The molecule has 5 nitrogen and oxygen atoms in total. The number of piperidine rings is 1. The quantitative estimate of drug-likeness (QED) is 0.418. The van der Waals surface area contributed by atoms with E-state index in [1.807, 2.05) is 33.2 Å². The van der Waals surface area contributed by atoms with E-state index in [0.717, 1.165) is 44.4 Å². The SMILES string of the molecule is C/C=C1/CC[C@@H](C)CC(O)C1=NC.CC#CC.CN1C2CCC1CC1(C2)OCc2cnccc21. The monoisotopic (exact) mass is 465 g/mol. The second-order valence-corrected chi connectivity index (χ2v) is 10.1. The number of rotatable bonds is 0. The molecule has 2 saturated heterocycles. The molecule has 1 saturated carbocycles. The van der Waals surface area contributed by atoms with Crippen molar-refractivity contribution in [2.24, 2.45) is 10.9 Å². The molecule has 0 aromatic carbocycles. The predicted molar refractivity (Wildman–Crippen MR) is 140 cm³/mol. The van der Waals surface area contributed by atoms with Gasteiger partial charge >= 0.3 is 0 Å². The van der Waals surface area contributed by atoms with Gasteiger partial charge in [0.2, 0.25) is 0 Å². The van der Waals surface area contributed by atoms with Gasteiger partial charge in [-0.2, -0.15) is 0 Å². The molecule has 4 heterocycles. The number of pyridine rings is 1. The highest BCUT2D eigenvalue weighted by molar-refractivity contribution is 6.03. The zero-order chi connectivity index (χ0) is 24.7. The fourth-order valence-corrected chi connectivity index (χ4v) is 5.98. The van der Waals surface area contributed by atoms with E-state index in [0.29, 0.717) is 18.0 Å². The minimum Gasteiger partial charge on any atom is -0.387 e. The summed E-state index contributed by atoms with van der Waals surface area (Å²) in [6.45, 7) is 8.60. The Morgan fingerprint density at radius 3 is 2.47 bits per heavy atom. The van der Waals surface area contributed by atoms with Gasteiger partial charge in [0.1, 0.15) is 0 Å². The molecule has 1 aliphatic carbocycles. The number of ether oxygens (including phenoxy) is 1. The summed E-state index contributed by atoms with van der Waals surface area (Å²) in [5.41, 5.74) is 4.84. The third kappa shape index (κ3) is 5.79. The zero-order valence-corrected chi connectivity index (χ0v) is 22.0. The molecule has 3 aliphatic heterocycles. The van der Waals surface area contributed by atoms with Gasteiger partial charge < -0.3 is 14.7 Å². The van der Waals surface area contributed by atoms with Crippen molar-refractivity contribution in [3.8, 4) is 11.8 Å². The van der Waals surface area contributed by atoms with Crippen molar-refractivity contribution in [1.82, 2.24) is 9.88 Å². The summed E-state index contributed by atoms with van der Waals surface area (Å²) in [6.07, 6.45) is 13.7. The molecular weight excluding hydrogens is 422 g/mol. The lowest BCUT2D eigenvalue weighted by molar-refractivity contribution is -0.0953. The van der Waals surface area contributed by atoms with Gasteiger partial charge in [-0.1, -0.05) is 13.0 Å². The van der Waals surface area contributed by atoms with Crippen LogP contribution in [0.25, 0.3) is 0 Å². The number of aliphatic imine (C=N–C) groups is 1. The van der Waals surface area contributed by atoms with E-state index in [4.69, 9.17) is 4.74 Å². The third-order valence-electron chi connectivity index (χ3n) is 8.03. The maximum Gasteiger partial charge on any atom is 0.0970 e. The van der Waals surface area contributed by atoms with Crippen LogP contribution in [-0.2, 0) is 16.9 Å². The Morgan fingerprint density at radius 2 is 1.88 bits per heavy atom. The smallest absolute Gasteiger partial charge is 0.0970 e. The number of aromatic nitrogens is 1. The van der Waals surface area contributed by atoms with Crippen LogP contribution >= 0.6 is 0 Å². The molecule has 4 atom stereocenters. The molecule has 0 amide bonds. The van der Waals surface area contributed by atoms with Gasteiger partial charge in [-0.3, -0.25) is 9.98 Å². The van der Waals surface area contributed by atoms with Crippen LogP contribution in [0.1, 0.15) is 83.8 Å². The predicted octanol–water partition coefficient (Wildman–Crippen LogP) is 5.28. The van der Waals surface area contributed by atoms with Crippen molar-refractivity contribution in [3.63, 3.8) is 0 Å². The molecule has 1 aromatic heterocycles. The Hall–Kier alpha value is -2.00. The summed E-state index contributed by atoms with van der Waals surface area (Å²) in [6, 6.07) is 3.60. The average molecular weight is 466 g/mol. The number of allylic oxidation sites excluding steroid dienone is 1. The summed E-state index contributed by atoms with van der Waals surface area (Å²) < 4.78 is 6.21. The lowest BCUT2D eigenvalue weighted by Gasteiger charge is -2.43. The maximum absolute atomic E-state index is 9.85. The molecular formula is C29H43N3O2. The van der Waals surface area contributed by atoms with Gasteiger partial charge in [0, 0.05) is 37.1 Å². The molecule has 34 heavy (non-hydrogen) atoms. The Labute approximate surface area is 206 Å². The van der Waals surface area contributed by atoms with Crippen molar-refractivity contribution in [3.05, 3.63) is 41.2 Å². The first-order valence-corrected chi connectivity index (χ1v) is 12.8. The second kappa shape index (κ2) is 12.1. The minimum absolute atomic E-state index is 0.0105. The summed E-state index contributed by atoms with van der Waals surface area (Å²) in [4.78, 5) is 10.9. The molecule has 1 aromatic rings. The van der Waals surface area contributed by atoms with E-state index in [9.17, 15) is 5.11 Å². The van der Waals surface area contributed by atoms with Crippen LogP contribution in [0.2, 0.25) is 0 Å². The van der Waals surface area contributed by atoms with Crippen molar-refractivity contribution >= 4 is 5.71 Å². The van der Waals surface area contributed by atoms with Gasteiger partial charge in [0.15, 0.2) is 0 Å². The molecule has 1 N–H and O–H groups in total. The fraction of sp³-hybridized carbons (Fsp3) is 0.655. The van der Waals surface area contributed by atoms with Crippen molar-refractivity contribution in [2.45, 2.75) is 103 Å². The topological polar surface area (TPSA) is 58.0 Å². The normalized spacial score (nSPS) is 34.3. The van der Waals surface area contributed by atoms with Gasteiger partial charge in [0.25, 0.3) is 0 Å². The number of aliphatic hydroxyl groups is 1. The minimum atomic E-state index is -0.353. The lowest BCUT2D eigenvalue weighted by Crippen LogP contribution is -2.47. The van der Waals surface area contributed by atoms with Crippen LogP contribution in [0.15, 0.2) is 35.1 Å². The number of fused-ring (bicyclic) bond motifs is 4. The summed E-state index contributed by atoms with van der Waals surface area (Å²) in [5.74, 6) is 5.96. The highest BCUT2D eigenvalue weighted by Crippen LogP contribution is 2.51. The van der Waals surface area contributed by atoms with Crippen LogP contribution in [-0.4, -0.2) is 53.0 Å². The fourth-order valence-electron chi connectivity index (χ4n) is 5.98. The molecule has 3 unspecified atom stereocenters. The molecule has 3 fully saturated rings. The van der Waals surface area contributed by atoms with Gasteiger partial charge in [-0.25, -0.2) is 0 Å². The number of hydrogen-bond donors (Lipinski definition) is 1. The van der Waals surface area contributed by atoms with Crippen molar-refractivity contribution < 1.29 is 9.84 Å². The first-order valence-electron chi connectivity index (χ1n) is 12.8. The second-order valence-electron chi connectivity index (χ2n) is 10.1. The summed E-state index contributed by atoms with van der Waals surface area (Å²) in [5, 5.41) is 9.85. The Kier molecular flexibility index (Phi) is 9.47.